The maximum Gasteiger partial charge on any atom is 0.0124 e. The van der Waals surface area contributed by atoms with Crippen molar-refractivity contribution in [3.8, 4) is 0 Å². The van der Waals surface area contributed by atoms with Crippen molar-refractivity contribution in [2.24, 2.45) is 0 Å². The van der Waals surface area contributed by atoms with Crippen molar-refractivity contribution in [1.29, 1.82) is 0 Å². The van der Waals surface area contributed by atoms with Crippen LogP contribution >= 0.6 is 0 Å². The van der Waals surface area contributed by atoms with Gasteiger partial charge in [-0.05, 0) is 87.1 Å². The van der Waals surface area contributed by atoms with Crippen LogP contribution in [0.5, 0.6) is 0 Å². The van der Waals surface area contributed by atoms with Crippen molar-refractivity contribution >= 4 is 0 Å². The molecule has 1 saturated heterocycles. The first-order valence-electron chi connectivity index (χ1n) is 8.92. The van der Waals surface area contributed by atoms with Crippen molar-refractivity contribution in [1.82, 2.24) is 14.7 Å². The van der Waals surface area contributed by atoms with Crippen LogP contribution in [0.3, 0.4) is 0 Å². The Bertz CT molecular complexity index is 313. The Morgan fingerprint density at radius 3 is 2.00 bits per heavy atom. The predicted octanol–water partition coefficient (Wildman–Crippen LogP) is 3.05. The maximum absolute atomic E-state index is 2.79. The molecule has 3 nitrogen and oxygen atoms in total. The van der Waals surface area contributed by atoms with E-state index in [2.05, 4.69) is 56.6 Å². The second-order valence-electron chi connectivity index (χ2n) is 8.49. The van der Waals surface area contributed by atoms with E-state index in [0.717, 1.165) is 18.1 Å². The third-order valence-electron chi connectivity index (χ3n) is 5.97. The maximum atomic E-state index is 2.79. The fourth-order valence-electron chi connectivity index (χ4n) is 4.14. The average Bonchev–Trinajstić information content (AvgIpc) is 2.45. The first-order chi connectivity index (χ1) is 9.79. The van der Waals surface area contributed by atoms with Crippen LogP contribution in [0.25, 0.3) is 0 Å². The molecule has 2 aliphatic rings. The van der Waals surface area contributed by atoms with Crippen LogP contribution in [0.2, 0.25) is 0 Å². The standard InChI is InChI=1S/C18H37N3/c1-18(2,3)20(6)16-8-7-9-17(14-16)21-12-10-15(11-13-21)19(4)5/h15-17H,7-14H2,1-6H3/t16-,17+/m1/s1. The molecular formula is C18H37N3. The first kappa shape index (κ1) is 17.2. The Morgan fingerprint density at radius 1 is 0.857 bits per heavy atom. The molecule has 1 heterocycles. The summed E-state index contributed by atoms with van der Waals surface area (Å²) < 4.78 is 0. The summed E-state index contributed by atoms with van der Waals surface area (Å²) in [6.07, 6.45) is 8.29. The second-order valence-corrected chi connectivity index (χ2v) is 8.49. The minimum absolute atomic E-state index is 0.296. The molecule has 1 aliphatic carbocycles. The minimum Gasteiger partial charge on any atom is -0.306 e. The highest BCUT2D eigenvalue weighted by molar-refractivity contribution is 4.90. The smallest absolute Gasteiger partial charge is 0.0124 e. The molecule has 0 aromatic rings. The van der Waals surface area contributed by atoms with Gasteiger partial charge in [0.15, 0.2) is 0 Å². The highest BCUT2D eigenvalue weighted by Crippen LogP contribution is 2.31. The lowest BCUT2D eigenvalue weighted by atomic mass is 9.86. The molecule has 2 rings (SSSR count). The molecule has 124 valence electrons. The molecule has 0 amide bonds. The van der Waals surface area contributed by atoms with Gasteiger partial charge in [0.25, 0.3) is 0 Å². The van der Waals surface area contributed by atoms with E-state index in [0.29, 0.717) is 5.54 Å². The van der Waals surface area contributed by atoms with Gasteiger partial charge >= 0.3 is 0 Å². The Morgan fingerprint density at radius 2 is 1.48 bits per heavy atom. The fraction of sp³-hybridized carbons (Fsp3) is 1.00. The third-order valence-corrected chi connectivity index (χ3v) is 5.97. The van der Waals surface area contributed by atoms with Gasteiger partial charge < -0.3 is 9.80 Å². The van der Waals surface area contributed by atoms with E-state index in [-0.39, 0.29) is 0 Å². The van der Waals surface area contributed by atoms with E-state index in [1.807, 2.05) is 0 Å². The van der Waals surface area contributed by atoms with Gasteiger partial charge in [-0.1, -0.05) is 6.42 Å². The lowest BCUT2D eigenvalue weighted by molar-refractivity contribution is 0.0344. The summed E-state index contributed by atoms with van der Waals surface area (Å²) in [4.78, 5) is 7.82. The Balaban J connectivity index is 1.87. The van der Waals surface area contributed by atoms with Crippen LogP contribution < -0.4 is 0 Å². The SMILES string of the molecule is CN(C)C1CCN([C@H]2CCC[C@@H](N(C)C(C)(C)C)C2)CC1. The van der Waals surface area contributed by atoms with Gasteiger partial charge in [0.1, 0.15) is 0 Å². The molecular weight excluding hydrogens is 258 g/mol. The number of piperidine rings is 1. The van der Waals surface area contributed by atoms with Crippen LogP contribution in [0.15, 0.2) is 0 Å². The number of nitrogens with zero attached hydrogens (tertiary/aromatic N) is 3. The summed E-state index contributed by atoms with van der Waals surface area (Å²) in [5.74, 6) is 0. The zero-order chi connectivity index (χ0) is 15.6. The topological polar surface area (TPSA) is 9.72 Å². The summed E-state index contributed by atoms with van der Waals surface area (Å²) in [5, 5.41) is 0. The third kappa shape index (κ3) is 4.43. The van der Waals surface area contributed by atoms with Crippen molar-refractivity contribution in [3.63, 3.8) is 0 Å². The monoisotopic (exact) mass is 295 g/mol. The summed E-state index contributed by atoms with van der Waals surface area (Å²) in [7, 11) is 6.79. The Kier molecular flexibility index (Phi) is 5.72. The van der Waals surface area contributed by atoms with Gasteiger partial charge in [0, 0.05) is 23.7 Å². The molecule has 1 aliphatic heterocycles. The normalized spacial score (nSPS) is 30.3. The first-order valence-corrected chi connectivity index (χ1v) is 8.92. The van der Waals surface area contributed by atoms with Crippen molar-refractivity contribution in [2.45, 2.75) is 83.0 Å². The van der Waals surface area contributed by atoms with Crippen molar-refractivity contribution in [3.05, 3.63) is 0 Å². The molecule has 0 bridgehead atoms. The number of hydrogen-bond acceptors (Lipinski definition) is 3. The number of likely N-dealkylation sites (tertiary alicyclic amines) is 1. The molecule has 0 N–H and O–H groups in total. The van der Waals surface area contributed by atoms with E-state index >= 15 is 0 Å². The molecule has 0 aromatic carbocycles. The molecule has 0 unspecified atom stereocenters. The van der Waals surface area contributed by atoms with E-state index < -0.39 is 0 Å². The molecule has 21 heavy (non-hydrogen) atoms. The molecule has 0 aromatic heterocycles. The van der Waals surface area contributed by atoms with E-state index in [9.17, 15) is 0 Å². The molecule has 1 saturated carbocycles. The van der Waals surface area contributed by atoms with E-state index in [1.165, 1.54) is 51.6 Å². The quantitative estimate of drug-likeness (QED) is 0.792. The highest BCUT2D eigenvalue weighted by Gasteiger charge is 2.34. The van der Waals surface area contributed by atoms with Crippen LogP contribution in [0.1, 0.15) is 59.3 Å². The Labute approximate surface area is 132 Å². The van der Waals surface area contributed by atoms with Gasteiger partial charge in [-0.3, -0.25) is 4.90 Å². The van der Waals surface area contributed by atoms with Crippen molar-refractivity contribution in [2.75, 3.05) is 34.2 Å². The van der Waals surface area contributed by atoms with Gasteiger partial charge in [-0.2, -0.15) is 0 Å². The Hall–Kier alpha value is -0.120. The summed E-state index contributed by atoms with van der Waals surface area (Å²) >= 11 is 0. The van der Waals surface area contributed by atoms with Gasteiger partial charge in [-0.25, -0.2) is 0 Å². The zero-order valence-electron chi connectivity index (χ0n) is 15.2. The van der Waals surface area contributed by atoms with Gasteiger partial charge in [0.2, 0.25) is 0 Å². The average molecular weight is 296 g/mol. The zero-order valence-corrected chi connectivity index (χ0v) is 15.2. The van der Waals surface area contributed by atoms with E-state index in [1.54, 1.807) is 0 Å². The van der Waals surface area contributed by atoms with Crippen molar-refractivity contribution < 1.29 is 0 Å². The molecule has 2 fully saturated rings. The van der Waals surface area contributed by atoms with Crippen LogP contribution in [0.4, 0.5) is 0 Å². The lowest BCUT2D eigenvalue weighted by Gasteiger charge is -2.46. The molecule has 0 radical (unpaired) electrons. The molecule has 0 spiro atoms. The fourth-order valence-corrected chi connectivity index (χ4v) is 4.14. The van der Waals surface area contributed by atoms with Gasteiger partial charge in [-0.15, -0.1) is 0 Å². The minimum atomic E-state index is 0.296. The highest BCUT2D eigenvalue weighted by atomic mass is 15.2. The summed E-state index contributed by atoms with van der Waals surface area (Å²) in [6, 6.07) is 2.41. The predicted molar refractivity (Wildman–Crippen MR) is 91.8 cm³/mol. The number of rotatable bonds is 3. The summed E-state index contributed by atoms with van der Waals surface area (Å²) in [6.45, 7) is 9.65. The second kappa shape index (κ2) is 6.97. The molecule has 3 heteroatoms. The number of hydrogen-bond donors (Lipinski definition) is 0. The van der Waals surface area contributed by atoms with E-state index in [4.69, 9.17) is 0 Å². The lowest BCUT2D eigenvalue weighted by Crippen LogP contribution is -2.52. The van der Waals surface area contributed by atoms with Gasteiger partial charge in [0.05, 0.1) is 0 Å². The van der Waals surface area contributed by atoms with Crippen LogP contribution in [-0.4, -0.2) is 72.6 Å². The largest absolute Gasteiger partial charge is 0.306 e. The summed E-state index contributed by atoms with van der Waals surface area (Å²) in [5.41, 5.74) is 0.296. The van der Waals surface area contributed by atoms with Crippen LogP contribution in [-0.2, 0) is 0 Å². The van der Waals surface area contributed by atoms with Crippen LogP contribution in [0, 0.1) is 0 Å². The molecule has 2 atom stereocenters.